The number of carboxylic acid groups (broad SMARTS) is 1. The minimum absolute atomic E-state index is 0.0322. The molecule has 1 atom stereocenters. The minimum atomic E-state index is -0.898. The van der Waals surface area contributed by atoms with Gasteiger partial charge in [-0.05, 0) is 23.9 Å². The van der Waals surface area contributed by atoms with E-state index in [1.165, 1.54) is 11.3 Å². The molecule has 2 rings (SSSR count). The molecule has 1 heterocycles. The topological polar surface area (TPSA) is 69.6 Å². The van der Waals surface area contributed by atoms with Crippen LogP contribution in [0.4, 0.5) is 0 Å². The fourth-order valence-corrected chi connectivity index (χ4v) is 2.85. The summed E-state index contributed by atoms with van der Waals surface area (Å²) in [5.41, 5.74) is 0.795. The Bertz CT molecular complexity index is 564. The highest BCUT2D eigenvalue weighted by Gasteiger charge is 2.17. The molecule has 0 saturated heterocycles. The lowest BCUT2D eigenvalue weighted by Crippen LogP contribution is -2.29. The number of rotatable bonds is 5. The Morgan fingerprint density at radius 3 is 2.83 bits per heavy atom. The third-order valence-corrected chi connectivity index (χ3v) is 3.99. The SMILES string of the molecule is CC(CO)NCc1c(C(=O)O)sc2ccccc12. The molecule has 0 aliphatic carbocycles. The van der Waals surface area contributed by atoms with E-state index < -0.39 is 5.97 Å². The number of carboxylic acids is 1. The van der Waals surface area contributed by atoms with Gasteiger partial charge in [-0.3, -0.25) is 0 Å². The normalized spacial score (nSPS) is 12.8. The van der Waals surface area contributed by atoms with Crippen LogP contribution in [0.1, 0.15) is 22.2 Å². The van der Waals surface area contributed by atoms with Gasteiger partial charge in [-0.15, -0.1) is 11.3 Å². The highest BCUT2D eigenvalue weighted by Crippen LogP contribution is 2.31. The Morgan fingerprint density at radius 2 is 2.17 bits per heavy atom. The van der Waals surface area contributed by atoms with Gasteiger partial charge in [-0.25, -0.2) is 4.79 Å². The highest BCUT2D eigenvalue weighted by molar-refractivity contribution is 7.21. The lowest BCUT2D eigenvalue weighted by atomic mass is 10.1. The second-order valence-electron chi connectivity index (χ2n) is 4.18. The Kier molecular flexibility index (Phi) is 3.96. The van der Waals surface area contributed by atoms with E-state index in [1.807, 2.05) is 31.2 Å². The molecule has 0 bridgehead atoms. The number of carbonyl (C=O) groups is 1. The number of nitrogens with one attached hydrogen (secondary N) is 1. The largest absolute Gasteiger partial charge is 0.477 e. The van der Waals surface area contributed by atoms with Crippen molar-refractivity contribution in [2.45, 2.75) is 19.5 Å². The van der Waals surface area contributed by atoms with Crippen molar-refractivity contribution >= 4 is 27.4 Å². The molecule has 0 spiro atoms. The van der Waals surface area contributed by atoms with Crippen LogP contribution < -0.4 is 5.32 Å². The number of aliphatic hydroxyl groups excluding tert-OH is 1. The van der Waals surface area contributed by atoms with Crippen molar-refractivity contribution in [3.8, 4) is 0 Å². The molecule has 3 N–H and O–H groups in total. The summed E-state index contributed by atoms with van der Waals surface area (Å²) in [6.45, 7) is 2.34. The maximum atomic E-state index is 11.2. The number of thiophene rings is 1. The molecule has 4 nitrogen and oxygen atoms in total. The summed E-state index contributed by atoms with van der Waals surface area (Å²) in [6, 6.07) is 7.60. The van der Waals surface area contributed by atoms with Crippen molar-refractivity contribution in [1.29, 1.82) is 0 Å². The van der Waals surface area contributed by atoms with Gasteiger partial charge in [-0.2, -0.15) is 0 Å². The van der Waals surface area contributed by atoms with Gasteiger partial charge in [0.05, 0.1) is 6.61 Å². The molecule has 96 valence electrons. The zero-order valence-corrected chi connectivity index (χ0v) is 10.8. The van der Waals surface area contributed by atoms with E-state index in [2.05, 4.69) is 5.32 Å². The number of hydrogen-bond donors (Lipinski definition) is 3. The van der Waals surface area contributed by atoms with E-state index in [4.69, 9.17) is 5.11 Å². The molecule has 1 aromatic carbocycles. The number of fused-ring (bicyclic) bond motifs is 1. The third-order valence-electron chi connectivity index (χ3n) is 2.79. The molecule has 0 amide bonds. The van der Waals surface area contributed by atoms with Crippen LogP contribution in [-0.2, 0) is 6.54 Å². The summed E-state index contributed by atoms with van der Waals surface area (Å²) in [5.74, 6) is -0.898. The zero-order chi connectivity index (χ0) is 13.1. The molecule has 2 aromatic rings. The minimum Gasteiger partial charge on any atom is -0.477 e. The molecule has 0 fully saturated rings. The van der Waals surface area contributed by atoms with E-state index >= 15 is 0 Å². The molecule has 18 heavy (non-hydrogen) atoms. The van der Waals surface area contributed by atoms with Crippen molar-refractivity contribution in [1.82, 2.24) is 5.32 Å². The van der Waals surface area contributed by atoms with Gasteiger partial charge in [0.1, 0.15) is 4.88 Å². The molecule has 0 radical (unpaired) electrons. The van der Waals surface area contributed by atoms with Crippen molar-refractivity contribution in [3.63, 3.8) is 0 Å². The average molecular weight is 265 g/mol. The van der Waals surface area contributed by atoms with Gasteiger partial charge in [0.25, 0.3) is 0 Å². The molecule has 0 aliphatic heterocycles. The maximum absolute atomic E-state index is 11.2. The first-order chi connectivity index (χ1) is 8.63. The standard InChI is InChI=1S/C13H15NO3S/c1-8(7-15)14-6-10-9-4-2-3-5-11(9)18-12(10)13(16)17/h2-5,8,14-15H,6-7H2,1H3,(H,16,17). The van der Waals surface area contributed by atoms with Crippen LogP contribution in [0, 0.1) is 0 Å². The first-order valence-corrected chi connectivity index (χ1v) is 6.53. The molecule has 0 aliphatic rings. The van der Waals surface area contributed by atoms with Crippen molar-refractivity contribution in [3.05, 3.63) is 34.7 Å². The Morgan fingerprint density at radius 1 is 1.44 bits per heavy atom. The van der Waals surface area contributed by atoms with Gasteiger partial charge in [0.2, 0.25) is 0 Å². The predicted molar refractivity (Wildman–Crippen MR) is 72.2 cm³/mol. The molecule has 0 saturated carbocycles. The molecule has 1 aromatic heterocycles. The van der Waals surface area contributed by atoms with Gasteiger partial charge in [0.15, 0.2) is 0 Å². The second-order valence-corrected chi connectivity index (χ2v) is 5.23. The Hall–Kier alpha value is -1.43. The lowest BCUT2D eigenvalue weighted by molar-refractivity contribution is 0.0701. The van der Waals surface area contributed by atoms with E-state index in [1.54, 1.807) is 0 Å². The zero-order valence-electron chi connectivity index (χ0n) is 10.0. The number of aromatic carboxylic acids is 1. The van der Waals surface area contributed by atoms with Crippen LogP contribution in [0.5, 0.6) is 0 Å². The van der Waals surface area contributed by atoms with Gasteiger partial charge in [0, 0.05) is 17.3 Å². The van der Waals surface area contributed by atoms with Crippen molar-refractivity contribution in [2.75, 3.05) is 6.61 Å². The molecule has 5 heteroatoms. The monoisotopic (exact) mass is 265 g/mol. The summed E-state index contributed by atoms with van der Waals surface area (Å²) in [7, 11) is 0. The van der Waals surface area contributed by atoms with Crippen LogP contribution in [0.15, 0.2) is 24.3 Å². The highest BCUT2D eigenvalue weighted by atomic mass is 32.1. The summed E-state index contributed by atoms with van der Waals surface area (Å²) in [4.78, 5) is 11.6. The first kappa shape index (κ1) is 13.0. The quantitative estimate of drug-likeness (QED) is 0.774. The number of hydrogen-bond acceptors (Lipinski definition) is 4. The van der Waals surface area contributed by atoms with Crippen LogP contribution in [0.25, 0.3) is 10.1 Å². The smallest absolute Gasteiger partial charge is 0.346 e. The van der Waals surface area contributed by atoms with Crippen LogP contribution >= 0.6 is 11.3 Å². The number of aliphatic hydroxyl groups is 1. The summed E-state index contributed by atoms with van der Waals surface area (Å²) in [6.07, 6.45) is 0. The molecular weight excluding hydrogens is 250 g/mol. The maximum Gasteiger partial charge on any atom is 0.346 e. The van der Waals surface area contributed by atoms with Crippen LogP contribution in [0.2, 0.25) is 0 Å². The molecule has 1 unspecified atom stereocenters. The molecular formula is C13H15NO3S. The van der Waals surface area contributed by atoms with Gasteiger partial charge in [-0.1, -0.05) is 18.2 Å². The van der Waals surface area contributed by atoms with Crippen molar-refractivity contribution in [2.24, 2.45) is 0 Å². The van der Waals surface area contributed by atoms with Gasteiger partial charge < -0.3 is 15.5 Å². The summed E-state index contributed by atoms with van der Waals surface area (Å²) < 4.78 is 0.975. The van der Waals surface area contributed by atoms with E-state index in [0.717, 1.165) is 15.6 Å². The second kappa shape index (κ2) is 5.48. The third kappa shape index (κ3) is 2.53. The Balaban J connectivity index is 2.39. The van der Waals surface area contributed by atoms with Crippen LogP contribution in [0.3, 0.4) is 0 Å². The predicted octanol–water partition coefficient (Wildman–Crippen LogP) is 2.07. The van der Waals surface area contributed by atoms with E-state index in [-0.39, 0.29) is 12.6 Å². The lowest BCUT2D eigenvalue weighted by Gasteiger charge is -2.10. The van der Waals surface area contributed by atoms with Gasteiger partial charge >= 0.3 is 5.97 Å². The fraction of sp³-hybridized carbons (Fsp3) is 0.308. The average Bonchev–Trinajstić information content (AvgIpc) is 2.75. The first-order valence-electron chi connectivity index (χ1n) is 5.71. The van der Waals surface area contributed by atoms with Crippen LogP contribution in [-0.4, -0.2) is 28.8 Å². The van der Waals surface area contributed by atoms with E-state index in [0.29, 0.717) is 11.4 Å². The Labute approximate surface area is 109 Å². The fourth-order valence-electron chi connectivity index (χ4n) is 1.79. The number of benzene rings is 1. The summed E-state index contributed by atoms with van der Waals surface area (Å²) >= 11 is 1.29. The summed E-state index contributed by atoms with van der Waals surface area (Å²) in [5, 5.41) is 22.3. The van der Waals surface area contributed by atoms with Crippen molar-refractivity contribution < 1.29 is 15.0 Å². The van der Waals surface area contributed by atoms with E-state index in [9.17, 15) is 9.90 Å².